The van der Waals surface area contributed by atoms with Crippen LogP contribution in [0.1, 0.15) is 10.4 Å². The molecule has 0 radical (unpaired) electrons. The number of rotatable bonds is 3. The molecule has 0 saturated carbocycles. The third-order valence-corrected chi connectivity index (χ3v) is 3.17. The first-order valence-corrected chi connectivity index (χ1v) is 5.85. The Bertz CT molecular complexity index is 550. The molecule has 0 spiro atoms. The van der Waals surface area contributed by atoms with Crippen LogP contribution in [0.5, 0.6) is 0 Å². The first-order valence-electron chi connectivity index (χ1n) is 4.66. The maximum Gasteiger partial charge on any atom is 0.251 e. The summed E-state index contributed by atoms with van der Waals surface area (Å²) in [6.45, 7) is 3.99. The summed E-state index contributed by atoms with van der Waals surface area (Å²) in [6, 6.07) is 5.34. The van der Waals surface area contributed by atoms with E-state index in [0.29, 0.717) is 16.6 Å². The smallest absolute Gasteiger partial charge is 0.251 e. The minimum atomic E-state index is -0.133. The number of carbonyl (C=O) groups excluding carboxylic acids is 1. The van der Waals surface area contributed by atoms with E-state index in [1.807, 2.05) is 6.07 Å². The van der Waals surface area contributed by atoms with Crippen molar-refractivity contribution in [1.29, 1.82) is 0 Å². The van der Waals surface area contributed by atoms with Crippen molar-refractivity contribution in [3.05, 3.63) is 40.9 Å². The fourth-order valence-electron chi connectivity index (χ4n) is 1.31. The van der Waals surface area contributed by atoms with Gasteiger partial charge in [0.15, 0.2) is 4.47 Å². The molecule has 0 aliphatic heterocycles. The van der Waals surface area contributed by atoms with Gasteiger partial charge in [-0.3, -0.25) is 4.79 Å². The van der Waals surface area contributed by atoms with E-state index in [-0.39, 0.29) is 5.91 Å². The largest absolute Gasteiger partial charge is 0.349 e. The minimum Gasteiger partial charge on any atom is -0.349 e. The molecule has 0 aliphatic rings. The van der Waals surface area contributed by atoms with Crippen LogP contribution in [0.25, 0.3) is 10.2 Å². The molecule has 0 atom stereocenters. The van der Waals surface area contributed by atoms with E-state index < -0.39 is 0 Å². The summed E-state index contributed by atoms with van der Waals surface area (Å²) in [5.41, 5.74) is 1.33. The van der Waals surface area contributed by atoms with Crippen LogP contribution in [0.4, 0.5) is 0 Å². The highest BCUT2D eigenvalue weighted by Crippen LogP contribution is 2.26. The fourth-order valence-corrected chi connectivity index (χ4v) is 2.32. The van der Waals surface area contributed by atoms with Crippen LogP contribution in [0, 0.1) is 0 Å². The number of benzene rings is 1. The molecule has 1 aromatic heterocycles. The van der Waals surface area contributed by atoms with Crippen LogP contribution in [0.2, 0.25) is 4.47 Å². The summed E-state index contributed by atoms with van der Waals surface area (Å²) in [5.74, 6) is -0.133. The number of hydrogen-bond donors (Lipinski definition) is 1. The average Bonchev–Trinajstić information content (AvgIpc) is 2.64. The number of thiazole rings is 1. The number of nitrogens with one attached hydrogen (secondary N) is 1. The van der Waals surface area contributed by atoms with Crippen molar-refractivity contribution in [2.24, 2.45) is 0 Å². The molecule has 5 heteroatoms. The molecule has 82 valence electrons. The first kappa shape index (κ1) is 11.1. The zero-order chi connectivity index (χ0) is 11.5. The molecule has 16 heavy (non-hydrogen) atoms. The molecule has 0 bridgehead atoms. The Morgan fingerprint density at radius 1 is 1.62 bits per heavy atom. The van der Waals surface area contributed by atoms with Gasteiger partial charge in [-0.1, -0.05) is 17.7 Å². The second kappa shape index (κ2) is 4.63. The third kappa shape index (κ3) is 2.23. The van der Waals surface area contributed by atoms with Gasteiger partial charge >= 0.3 is 0 Å². The van der Waals surface area contributed by atoms with Gasteiger partial charge in [0.05, 0.1) is 10.2 Å². The van der Waals surface area contributed by atoms with Crippen molar-refractivity contribution in [2.45, 2.75) is 0 Å². The monoisotopic (exact) mass is 252 g/mol. The number of aromatic nitrogens is 1. The summed E-state index contributed by atoms with van der Waals surface area (Å²) in [7, 11) is 0. The molecule has 2 aromatic rings. The maximum atomic E-state index is 11.6. The molecule has 0 unspecified atom stereocenters. The number of carbonyl (C=O) groups is 1. The van der Waals surface area contributed by atoms with Crippen LogP contribution in [0.3, 0.4) is 0 Å². The van der Waals surface area contributed by atoms with E-state index in [1.165, 1.54) is 11.3 Å². The van der Waals surface area contributed by atoms with Crippen molar-refractivity contribution in [3.8, 4) is 0 Å². The standard InChI is InChI=1S/C11H9ClN2OS/c1-2-5-13-10(15)7-3-4-9-8(6-7)14-11(12)16-9/h2-4,6H,1,5H2,(H,13,15). The molecular weight excluding hydrogens is 244 g/mol. The van der Waals surface area contributed by atoms with Gasteiger partial charge in [0.2, 0.25) is 0 Å². The van der Waals surface area contributed by atoms with Crippen molar-refractivity contribution < 1.29 is 4.79 Å². The van der Waals surface area contributed by atoms with Crippen molar-refractivity contribution in [1.82, 2.24) is 10.3 Å². The van der Waals surface area contributed by atoms with Gasteiger partial charge < -0.3 is 5.32 Å². The van der Waals surface area contributed by atoms with Crippen LogP contribution in [-0.2, 0) is 0 Å². The highest BCUT2D eigenvalue weighted by atomic mass is 35.5. The second-order valence-electron chi connectivity index (χ2n) is 3.15. The van der Waals surface area contributed by atoms with Crippen LogP contribution >= 0.6 is 22.9 Å². The Morgan fingerprint density at radius 2 is 2.44 bits per heavy atom. The Balaban J connectivity index is 2.31. The van der Waals surface area contributed by atoms with Crippen molar-refractivity contribution >= 4 is 39.1 Å². The molecule has 1 heterocycles. The molecule has 3 nitrogen and oxygen atoms in total. The Morgan fingerprint density at radius 3 is 3.19 bits per heavy atom. The van der Waals surface area contributed by atoms with Gasteiger partial charge in [0.1, 0.15) is 0 Å². The van der Waals surface area contributed by atoms with Gasteiger partial charge in [0, 0.05) is 12.1 Å². The SMILES string of the molecule is C=CCNC(=O)c1ccc2sc(Cl)nc2c1. The molecule has 0 saturated heterocycles. The fraction of sp³-hybridized carbons (Fsp3) is 0.0909. The lowest BCUT2D eigenvalue weighted by atomic mass is 10.2. The number of halogens is 1. The van der Waals surface area contributed by atoms with E-state index in [9.17, 15) is 4.79 Å². The topological polar surface area (TPSA) is 42.0 Å². The van der Waals surface area contributed by atoms with Gasteiger partial charge in [-0.25, -0.2) is 4.98 Å². The Kier molecular flexibility index (Phi) is 3.22. The molecule has 0 aliphatic carbocycles. The van der Waals surface area contributed by atoms with Gasteiger partial charge in [-0.2, -0.15) is 0 Å². The van der Waals surface area contributed by atoms with Gasteiger partial charge in [-0.15, -0.1) is 17.9 Å². The second-order valence-corrected chi connectivity index (χ2v) is 4.76. The molecule has 2 rings (SSSR count). The quantitative estimate of drug-likeness (QED) is 0.854. The lowest BCUT2D eigenvalue weighted by Gasteiger charge is -2.01. The van der Waals surface area contributed by atoms with Crippen molar-refractivity contribution in [3.63, 3.8) is 0 Å². The predicted molar refractivity (Wildman–Crippen MR) is 67.2 cm³/mol. The van der Waals surface area contributed by atoms with Gasteiger partial charge in [-0.05, 0) is 18.2 Å². The molecular formula is C11H9ClN2OS. The van der Waals surface area contributed by atoms with Crippen LogP contribution in [0.15, 0.2) is 30.9 Å². The van der Waals surface area contributed by atoms with E-state index in [0.717, 1.165) is 10.2 Å². The minimum absolute atomic E-state index is 0.133. The van der Waals surface area contributed by atoms with E-state index >= 15 is 0 Å². The van der Waals surface area contributed by atoms with E-state index in [4.69, 9.17) is 11.6 Å². The van der Waals surface area contributed by atoms with E-state index in [1.54, 1.807) is 18.2 Å². The molecule has 1 aromatic carbocycles. The Hall–Kier alpha value is -1.39. The number of fused-ring (bicyclic) bond motifs is 1. The first-order chi connectivity index (χ1) is 7.70. The van der Waals surface area contributed by atoms with E-state index in [2.05, 4.69) is 16.9 Å². The summed E-state index contributed by atoms with van der Waals surface area (Å²) < 4.78 is 1.46. The Labute approximate surface area is 102 Å². The third-order valence-electron chi connectivity index (χ3n) is 2.03. The number of amides is 1. The highest BCUT2D eigenvalue weighted by molar-refractivity contribution is 7.22. The number of nitrogens with zero attached hydrogens (tertiary/aromatic N) is 1. The predicted octanol–water partition coefficient (Wildman–Crippen LogP) is 2.87. The average molecular weight is 253 g/mol. The summed E-state index contributed by atoms with van der Waals surface area (Å²) in [6.07, 6.45) is 1.64. The summed E-state index contributed by atoms with van der Waals surface area (Å²) >= 11 is 7.19. The molecule has 1 amide bonds. The lowest BCUT2D eigenvalue weighted by Crippen LogP contribution is -2.22. The van der Waals surface area contributed by atoms with Crippen LogP contribution in [-0.4, -0.2) is 17.4 Å². The number of hydrogen-bond acceptors (Lipinski definition) is 3. The zero-order valence-electron chi connectivity index (χ0n) is 8.37. The zero-order valence-corrected chi connectivity index (χ0v) is 9.94. The molecule has 0 fully saturated rings. The van der Waals surface area contributed by atoms with Crippen molar-refractivity contribution in [2.75, 3.05) is 6.54 Å². The molecule has 1 N–H and O–H groups in total. The highest BCUT2D eigenvalue weighted by Gasteiger charge is 2.07. The van der Waals surface area contributed by atoms with Crippen LogP contribution < -0.4 is 5.32 Å². The lowest BCUT2D eigenvalue weighted by molar-refractivity contribution is 0.0958. The maximum absolute atomic E-state index is 11.6. The summed E-state index contributed by atoms with van der Waals surface area (Å²) in [5, 5.41) is 2.71. The summed E-state index contributed by atoms with van der Waals surface area (Å²) in [4.78, 5) is 15.8. The normalized spacial score (nSPS) is 10.3. The van der Waals surface area contributed by atoms with Gasteiger partial charge in [0.25, 0.3) is 5.91 Å².